The van der Waals surface area contributed by atoms with E-state index in [1.165, 1.54) is 6.42 Å². The van der Waals surface area contributed by atoms with Gasteiger partial charge in [-0.3, -0.25) is 5.43 Å². The molecule has 118 valence electrons. The SMILES string of the molecule is CCC1CCCC(Nc2cc(C(F)(F)F)nc(NN)n2)C1. The van der Waals surface area contributed by atoms with Crippen molar-refractivity contribution in [3.8, 4) is 0 Å². The molecule has 0 radical (unpaired) electrons. The minimum atomic E-state index is -4.52. The van der Waals surface area contributed by atoms with Crippen molar-refractivity contribution in [3.63, 3.8) is 0 Å². The summed E-state index contributed by atoms with van der Waals surface area (Å²) in [6.07, 6.45) is 0.715. The van der Waals surface area contributed by atoms with Gasteiger partial charge in [-0.15, -0.1) is 0 Å². The first-order valence-electron chi connectivity index (χ1n) is 7.11. The van der Waals surface area contributed by atoms with Gasteiger partial charge in [0, 0.05) is 12.1 Å². The van der Waals surface area contributed by atoms with Crippen LogP contribution in [-0.2, 0) is 6.18 Å². The third-order valence-corrected chi connectivity index (χ3v) is 3.86. The highest BCUT2D eigenvalue weighted by Crippen LogP contribution is 2.31. The van der Waals surface area contributed by atoms with Crippen molar-refractivity contribution in [2.45, 2.75) is 51.2 Å². The van der Waals surface area contributed by atoms with Crippen LogP contribution < -0.4 is 16.6 Å². The molecule has 1 aliphatic carbocycles. The highest BCUT2D eigenvalue weighted by Gasteiger charge is 2.34. The lowest BCUT2D eigenvalue weighted by Gasteiger charge is -2.29. The van der Waals surface area contributed by atoms with E-state index in [4.69, 9.17) is 5.84 Å². The molecule has 2 atom stereocenters. The summed E-state index contributed by atoms with van der Waals surface area (Å²) < 4.78 is 38.4. The maximum atomic E-state index is 12.8. The van der Waals surface area contributed by atoms with Crippen molar-refractivity contribution >= 4 is 11.8 Å². The zero-order chi connectivity index (χ0) is 15.5. The number of nitrogen functional groups attached to an aromatic ring is 1. The fourth-order valence-corrected chi connectivity index (χ4v) is 2.73. The van der Waals surface area contributed by atoms with Gasteiger partial charge in [0.2, 0.25) is 5.95 Å². The molecule has 0 saturated heterocycles. The second-order valence-corrected chi connectivity index (χ2v) is 5.39. The standard InChI is InChI=1S/C13H20F3N5/c1-2-8-4-3-5-9(6-8)18-11-7-10(13(14,15)16)19-12(20-11)21-17/h7-9H,2-6,17H2,1H3,(H2,18,19,20,21). The van der Waals surface area contributed by atoms with Gasteiger partial charge in [0.15, 0.2) is 5.69 Å². The van der Waals surface area contributed by atoms with Crippen molar-refractivity contribution in [3.05, 3.63) is 11.8 Å². The first kappa shape index (κ1) is 15.8. The molecule has 21 heavy (non-hydrogen) atoms. The van der Waals surface area contributed by atoms with Crippen molar-refractivity contribution in [2.75, 3.05) is 10.7 Å². The Hall–Kier alpha value is -1.57. The molecular formula is C13H20F3N5. The molecule has 8 heteroatoms. The summed E-state index contributed by atoms with van der Waals surface area (Å²) in [6, 6.07) is 1.07. The van der Waals surface area contributed by atoms with E-state index < -0.39 is 11.9 Å². The van der Waals surface area contributed by atoms with Crippen molar-refractivity contribution in [2.24, 2.45) is 11.8 Å². The van der Waals surface area contributed by atoms with Crippen molar-refractivity contribution in [1.82, 2.24) is 9.97 Å². The predicted octanol–water partition coefficient (Wildman–Crippen LogP) is 3.16. The molecule has 0 bridgehead atoms. The van der Waals surface area contributed by atoms with Gasteiger partial charge < -0.3 is 5.32 Å². The monoisotopic (exact) mass is 303 g/mol. The van der Waals surface area contributed by atoms with E-state index in [2.05, 4.69) is 27.6 Å². The summed E-state index contributed by atoms with van der Waals surface area (Å²) in [5.41, 5.74) is 1.07. The predicted molar refractivity (Wildman–Crippen MR) is 74.5 cm³/mol. The Morgan fingerprint density at radius 2 is 2.10 bits per heavy atom. The van der Waals surface area contributed by atoms with Gasteiger partial charge in [-0.2, -0.15) is 18.2 Å². The second kappa shape index (κ2) is 6.46. The van der Waals surface area contributed by atoms with Crippen molar-refractivity contribution in [1.29, 1.82) is 0 Å². The molecule has 2 rings (SSSR count). The molecule has 1 aromatic rings. The van der Waals surface area contributed by atoms with E-state index in [0.29, 0.717) is 5.92 Å². The number of anilines is 2. The van der Waals surface area contributed by atoms with Crippen LogP contribution in [0, 0.1) is 5.92 Å². The third-order valence-electron chi connectivity index (χ3n) is 3.86. The first-order chi connectivity index (χ1) is 9.92. The molecular weight excluding hydrogens is 283 g/mol. The number of aromatic nitrogens is 2. The van der Waals surface area contributed by atoms with Crippen molar-refractivity contribution < 1.29 is 13.2 Å². The maximum absolute atomic E-state index is 12.8. The molecule has 0 spiro atoms. The molecule has 1 aliphatic rings. The van der Waals surface area contributed by atoms with Crippen LogP contribution in [0.3, 0.4) is 0 Å². The van der Waals surface area contributed by atoms with E-state index in [-0.39, 0.29) is 17.8 Å². The van der Waals surface area contributed by atoms with Gasteiger partial charge in [0.25, 0.3) is 0 Å². The number of hydrazine groups is 1. The number of halogens is 3. The maximum Gasteiger partial charge on any atom is 0.433 e. The van der Waals surface area contributed by atoms with Gasteiger partial charge in [-0.05, 0) is 18.8 Å². The number of alkyl halides is 3. The lowest BCUT2D eigenvalue weighted by molar-refractivity contribution is -0.141. The van der Waals surface area contributed by atoms with Gasteiger partial charge in [0.05, 0.1) is 0 Å². The van der Waals surface area contributed by atoms with E-state index in [0.717, 1.165) is 31.7 Å². The van der Waals surface area contributed by atoms with Gasteiger partial charge in [-0.1, -0.05) is 26.2 Å². The molecule has 0 amide bonds. The molecule has 1 heterocycles. The summed E-state index contributed by atoms with van der Waals surface area (Å²) in [5, 5.41) is 3.09. The first-order valence-corrected chi connectivity index (χ1v) is 7.11. The Balaban J connectivity index is 2.15. The number of nitrogens with zero attached hydrogens (tertiary/aromatic N) is 2. The third kappa shape index (κ3) is 4.20. The smallest absolute Gasteiger partial charge is 0.367 e. The Bertz CT molecular complexity index is 477. The average molecular weight is 303 g/mol. The van der Waals surface area contributed by atoms with E-state index in [9.17, 15) is 13.2 Å². The Kier molecular flexibility index (Phi) is 4.87. The van der Waals surface area contributed by atoms with Crippen LogP contribution in [-0.4, -0.2) is 16.0 Å². The van der Waals surface area contributed by atoms with E-state index >= 15 is 0 Å². The lowest BCUT2D eigenvalue weighted by Crippen LogP contribution is -2.28. The molecule has 5 nitrogen and oxygen atoms in total. The Morgan fingerprint density at radius 3 is 2.71 bits per heavy atom. The molecule has 1 fully saturated rings. The average Bonchev–Trinajstić information content (AvgIpc) is 2.46. The normalized spacial score (nSPS) is 22.9. The minimum Gasteiger partial charge on any atom is -0.367 e. The molecule has 1 saturated carbocycles. The number of nitrogens with two attached hydrogens (primary N) is 1. The van der Waals surface area contributed by atoms with Gasteiger partial charge in [-0.25, -0.2) is 10.8 Å². The fourth-order valence-electron chi connectivity index (χ4n) is 2.73. The zero-order valence-electron chi connectivity index (χ0n) is 11.9. The van der Waals surface area contributed by atoms with E-state index in [1.54, 1.807) is 0 Å². The highest BCUT2D eigenvalue weighted by molar-refractivity contribution is 5.43. The summed E-state index contributed by atoms with van der Waals surface area (Å²) in [6.45, 7) is 2.13. The summed E-state index contributed by atoms with van der Waals surface area (Å²) in [7, 11) is 0. The van der Waals surface area contributed by atoms with Crippen LogP contribution in [0.25, 0.3) is 0 Å². The quantitative estimate of drug-likeness (QED) is 0.588. The molecule has 4 N–H and O–H groups in total. The van der Waals surface area contributed by atoms with Crippen LogP contribution in [0.1, 0.15) is 44.7 Å². The fraction of sp³-hybridized carbons (Fsp3) is 0.692. The van der Waals surface area contributed by atoms with Crippen LogP contribution in [0.4, 0.5) is 24.9 Å². The summed E-state index contributed by atoms with van der Waals surface area (Å²) in [5.74, 6) is 5.67. The van der Waals surface area contributed by atoms with Crippen LogP contribution in [0.15, 0.2) is 6.07 Å². The van der Waals surface area contributed by atoms with Gasteiger partial charge >= 0.3 is 6.18 Å². The Labute approximate surface area is 121 Å². The largest absolute Gasteiger partial charge is 0.433 e. The topological polar surface area (TPSA) is 75.9 Å². The number of hydrogen-bond donors (Lipinski definition) is 3. The van der Waals surface area contributed by atoms with E-state index in [1.807, 2.05) is 0 Å². The lowest BCUT2D eigenvalue weighted by atomic mass is 9.84. The molecule has 0 aliphatic heterocycles. The molecule has 1 aromatic heterocycles. The van der Waals surface area contributed by atoms with Crippen LogP contribution >= 0.6 is 0 Å². The number of rotatable bonds is 4. The summed E-state index contributed by atoms with van der Waals surface area (Å²) >= 11 is 0. The number of hydrogen-bond acceptors (Lipinski definition) is 5. The van der Waals surface area contributed by atoms with Crippen LogP contribution in [0.2, 0.25) is 0 Å². The molecule has 0 aromatic carbocycles. The minimum absolute atomic E-state index is 0.144. The summed E-state index contributed by atoms with van der Waals surface area (Å²) in [4.78, 5) is 7.29. The van der Waals surface area contributed by atoms with Gasteiger partial charge in [0.1, 0.15) is 5.82 Å². The Morgan fingerprint density at radius 1 is 1.33 bits per heavy atom. The second-order valence-electron chi connectivity index (χ2n) is 5.39. The molecule has 2 unspecified atom stereocenters. The zero-order valence-corrected chi connectivity index (χ0v) is 11.9. The highest BCUT2D eigenvalue weighted by atomic mass is 19.4. The number of nitrogens with one attached hydrogen (secondary N) is 2. The van der Waals surface area contributed by atoms with Crippen LogP contribution in [0.5, 0.6) is 0 Å².